The quantitative estimate of drug-likeness (QED) is 0.336. The Labute approximate surface area is 214 Å². The summed E-state index contributed by atoms with van der Waals surface area (Å²) in [5.74, 6) is -5.28. The summed E-state index contributed by atoms with van der Waals surface area (Å²) in [6.07, 6.45) is 1.00. The van der Waals surface area contributed by atoms with Crippen LogP contribution in [0.25, 0.3) is 11.1 Å². The number of hydrogen-bond acceptors (Lipinski definition) is 6. The standard InChI is InChI=1S/C30H36O6/c1-4-5-16-29(2,3)17-15-24(31)26-23-18-30(19-25(23)32,36-28(26)34)35-27(33)22-13-11-21(12-14-22)20-9-7-6-8-10-20/h6-14,23,25-26,32H,4-5,15-19H2,1-3H3/t23-,25-,26-,30+/m1/s1/i17D/t17-,23+,25+,26+,30-/m0. The summed E-state index contributed by atoms with van der Waals surface area (Å²) in [5, 5.41) is 10.7. The Morgan fingerprint density at radius 3 is 2.44 bits per heavy atom. The Kier molecular flexibility index (Phi) is 7.24. The van der Waals surface area contributed by atoms with Crippen molar-refractivity contribution < 1.29 is 30.3 Å². The molecule has 6 heteroatoms. The smallest absolute Gasteiger partial charge is 0.341 e. The van der Waals surface area contributed by atoms with Gasteiger partial charge >= 0.3 is 11.9 Å². The number of aliphatic hydroxyl groups excluding tert-OH is 1. The summed E-state index contributed by atoms with van der Waals surface area (Å²) < 4.78 is 19.8. The molecule has 2 aromatic carbocycles. The van der Waals surface area contributed by atoms with Crippen molar-refractivity contribution in [1.82, 2.24) is 0 Å². The second-order valence-corrected chi connectivity index (χ2v) is 10.7. The molecular formula is C30H36O6. The minimum absolute atomic E-state index is 0.0616. The molecule has 1 aliphatic heterocycles. The molecule has 2 aromatic rings. The van der Waals surface area contributed by atoms with E-state index < -0.39 is 47.8 Å². The molecule has 1 N–H and O–H groups in total. The van der Waals surface area contributed by atoms with Crippen molar-refractivity contribution >= 4 is 17.7 Å². The van der Waals surface area contributed by atoms with Crippen molar-refractivity contribution in [3.05, 3.63) is 60.2 Å². The normalized spacial score (nSPS) is 26.6. The maximum absolute atomic E-state index is 13.1. The molecule has 1 heterocycles. The predicted octanol–water partition coefficient (Wildman–Crippen LogP) is 5.72. The first-order valence-electron chi connectivity index (χ1n) is 13.4. The van der Waals surface area contributed by atoms with E-state index in [-0.39, 0.29) is 24.7 Å². The minimum Gasteiger partial charge on any atom is -0.422 e. The van der Waals surface area contributed by atoms with Crippen LogP contribution in [0.1, 0.15) is 77.4 Å². The van der Waals surface area contributed by atoms with Gasteiger partial charge in [0, 0.05) is 20.1 Å². The van der Waals surface area contributed by atoms with Gasteiger partial charge in [0.25, 0.3) is 5.79 Å². The molecule has 192 valence electrons. The van der Waals surface area contributed by atoms with Crippen LogP contribution < -0.4 is 0 Å². The molecule has 5 atom stereocenters. The molecule has 4 rings (SSSR count). The van der Waals surface area contributed by atoms with Gasteiger partial charge in [-0.15, -0.1) is 0 Å². The van der Waals surface area contributed by atoms with Crippen molar-refractivity contribution in [2.75, 3.05) is 0 Å². The lowest BCUT2D eigenvalue weighted by Crippen LogP contribution is -2.47. The zero-order chi connectivity index (χ0) is 26.8. The van der Waals surface area contributed by atoms with Crippen LogP contribution in [0.3, 0.4) is 0 Å². The van der Waals surface area contributed by atoms with E-state index in [0.717, 1.165) is 30.4 Å². The van der Waals surface area contributed by atoms with Gasteiger partial charge in [-0.05, 0) is 41.5 Å². The molecule has 2 bridgehead atoms. The number of fused-ring (bicyclic) bond motifs is 2. The van der Waals surface area contributed by atoms with E-state index >= 15 is 0 Å². The van der Waals surface area contributed by atoms with Crippen LogP contribution in [-0.4, -0.2) is 34.7 Å². The molecule has 0 spiro atoms. The Morgan fingerprint density at radius 1 is 1.11 bits per heavy atom. The highest BCUT2D eigenvalue weighted by Gasteiger charge is 2.61. The molecule has 0 unspecified atom stereocenters. The summed E-state index contributed by atoms with van der Waals surface area (Å²) in [4.78, 5) is 39.0. The molecule has 1 saturated heterocycles. The zero-order valence-corrected chi connectivity index (χ0v) is 21.2. The van der Waals surface area contributed by atoms with Crippen LogP contribution in [0.2, 0.25) is 0 Å². The molecule has 2 aliphatic rings. The fraction of sp³-hybridized carbons (Fsp3) is 0.500. The van der Waals surface area contributed by atoms with Crippen molar-refractivity contribution in [2.45, 2.75) is 77.6 Å². The number of rotatable bonds is 10. The second-order valence-electron chi connectivity index (χ2n) is 10.7. The highest BCUT2D eigenvalue weighted by molar-refractivity contribution is 6.00. The first kappa shape index (κ1) is 24.7. The minimum atomic E-state index is -1.59. The third kappa shape index (κ3) is 5.70. The molecule has 36 heavy (non-hydrogen) atoms. The topological polar surface area (TPSA) is 89.9 Å². The lowest BCUT2D eigenvalue weighted by atomic mass is 9.78. The summed E-state index contributed by atoms with van der Waals surface area (Å²) in [5.41, 5.74) is 1.90. The molecule has 2 fully saturated rings. The van der Waals surface area contributed by atoms with Gasteiger partial charge in [-0.3, -0.25) is 9.59 Å². The summed E-state index contributed by atoms with van der Waals surface area (Å²) in [6, 6.07) is 16.7. The monoisotopic (exact) mass is 493 g/mol. The van der Waals surface area contributed by atoms with Gasteiger partial charge in [0.1, 0.15) is 11.7 Å². The van der Waals surface area contributed by atoms with E-state index in [9.17, 15) is 19.5 Å². The molecule has 0 radical (unpaired) electrons. The fourth-order valence-electron chi connectivity index (χ4n) is 5.26. The number of benzene rings is 2. The lowest BCUT2D eigenvalue weighted by molar-refractivity contribution is -0.222. The number of Topliss-reactive ketones (excluding diaryl/α,β-unsaturated/α-hetero) is 1. The SMILES string of the molecule is [2H][C@@H](CC(=O)[C@@H]1C(=O)O[C@@]2(OC(=O)c3ccc(-c4ccccc4)cc3)C[C@@H]1[C@H](O)C2)C(C)(C)CCCC. The van der Waals surface area contributed by atoms with Crippen molar-refractivity contribution in [2.24, 2.45) is 17.3 Å². The summed E-state index contributed by atoms with van der Waals surface area (Å²) >= 11 is 0. The number of ether oxygens (including phenoxy) is 2. The highest BCUT2D eigenvalue weighted by atomic mass is 16.7. The van der Waals surface area contributed by atoms with Gasteiger partial charge in [0.2, 0.25) is 0 Å². The van der Waals surface area contributed by atoms with Crippen molar-refractivity contribution in [3.8, 4) is 11.1 Å². The van der Waals surface area contributed by atoms with Gasteiger partial charge < -0.3 is 14.6 Å². The molecule has 6 nitrogen and oxygen atoms in total. The van der Waals surface area contributed by atoms with Crippen molar-refractivity contribution in [1.29, 1.82) is 0 Å². The maximum Gasteiger partial charge on any atom is 0.341 e. The van der Waals surface area contributed by atoms with E-state index in [2.05, 4.69) is 6.92 Å². The lowest BCUT2D eigenvalue weighted by Gasteiger charge is -2.35. The third-order valence-electron chi connectivity index (χ3n) is 7.41. The Bertz CT molecular complexity index is 1130. The second kappa shape index (κ2) is 10.6. The van der Waals surface area contributed by atoms with Gasteiger partial charge in [-0.25, -0.2) is 4.79 Å². The Hall–Kier alpha value is -2.99. The average molecular weight is 494 g/mol. The number of hydrogen-bond donors (Lipinski definition) is 1. The highest BCUT2D eigenvalue weighted by Crippen LogP contribution is 2.48. The summed E-state index contributed by atoms with van der Waals surface area (Å²) in [6.45, 7) is 6.01. The average Bonchev–Trinajstić information content (AvgIpc) is 3.12. The van der Waals surface area contributed by atoms with Gasteiger partial charge in [-0.2, -0.15) is 0 Å². The molecule has 0 amide bonds. The zero-order valence-electron chi connectivity index (χ0n) is 22.2. The van der Waals surface area contributed by atoms with E-state index in [1.54, 1.807) is 12.1 Å². The largest absolute Gasteiger partial charge is 0.422 e. The maximum atomic E-state index is 13.1. The molecular weight excluding hydrogens is 456 g/mol. The predicted molar refractivity (Wildman–Crippen MR) is 136 cm³/mol. The van der Waals surface area contributed by atoms with E-state index in [4.69, 9.17) is 10.8 Å². The van der Waals surface area contributed by atoms with Crippen LogP contribution in [0, 0.1) is 17.3 Å². The fourth-order valence-corrected chi connectivity index (χ4v) is 5.26. The summed E-state index contributed by atoms with van der Waals surface area (Å²) in [7, 11) is 0. The number of esters is 2. The van der Waals surface area contributed by atoms with Gasteiger partial charge in [-0.1, -0.05) is 76.1 Å². The molecule has 1 saturated carbocycles. The van der Waals surface area contributed by atoms with Gasteiger partial charge in [0.15, 0.2) is 0 Å². The number of aliphatic hydroxyl groups is 1. The van der Waals surface area contributed by atoms with E-state index in [1.165, 1.54) is 0 Å². The molecule has 1 aliphatic carbocycles. The van der Waals surface area contributed by atoms with Crippen molar-refractivity contribution in [3.63, 3.8) is 0 Å². The third-order valence-corrected chi connectivity index (χ3v) is 7.41. The Balaban J connectivity index is 1.42. The Morgan fingerprint density at radius 2 is 1.78 bits per heavy atom. The van der Waals surface area contributed by atoms with E-state index in [1.807, 2.05) is 56.3 Å². The number of ketones is 1. The first-order chi connectivity index (χ1) is 17.5. The molecule has 0 aromatic heterocycles. The van der Waals surface area contributed by atoms with Crippen LogP contribution in [0.4, 0.5) is 0 Å². The van der Waals surface area contributed by atoms with Gasteiger partial charge in [0.05, 0.1) is 18.1 Å². The van der Waals surface area contributed by atoms with Crippen LogP contribution >= 0.6 is 0 Å². The number of carbonyl (C=O) groups is 3. The van der Waals surface area contributed by atoms with Crippen LogP contribution in [-0.2, 0) is 19.1 Å². The van der Waals surface area contributed by atoms with Crippen LogP contribution in [0.5, 0.6) is 0 Å². The number of carbonyl (C=O) groups excluding carboxylic acids is 3. The number of unbranched alkanes of at least 4 members (excludes halogenated alkanes) is 1. The first-order valence-corrected chi connectivity index (χ1v) is 12.8. The van der Waals surface area contributed by atoms with Crippen LogP contribution in [0.15, 0.2) is 54.6 Å². The van der Waals surface area contributed by atoms with E-state index in [0.29, 0.717) is 5.56 Å².